The highest BCUT2D eigenvalue weighted by Crippen LogP contribution is 2.29. The minimum Gasteiger partial charge on any atom is -0.447 e. The molecule has 2 saturated heterocycles. The van der Waals surface area contributed by atoms with Crippen LogP contribution in [-0.2, 0) is 14.2 Å². The summed E-state index contributed by atoms with van der Waals surface area (Å²) in [7, 11) is 0. The number of alkyl halides is 1. The number of amides is 1. The van der Waals surface area contributed by atoms with Crippen molar-refractivity contribution in [2.75, 3.05) is 33.0 Å². The lowest BCUT2D eigenvalue weighted by Gasteiger charge is -2.44. The van der Waals surface area contributed by atoms with Gasteiger partial charge in [-0.2, -0.15) is 0 Å². The fraction of sp³-hybridized carbons (Fsp3) is 0.909. The first-order valence-electron chi connectivity index (χ1n) is 5.78. The third-order valence-corrected chi connectivity index (χ3v) is 2.96. The molecule has 2 aliphatic heterocycles. The Hall–Kier alpha value is -0.880. The molecule has 17 heavy (non-hydrogen) atoms. The van der Waals surface area contributed by atoms with Gasteiger partial charge in [0.2, 0.25) is 0 Å². The minimum absolute atomic E-state index is 0.114. The molecular weight excluding hydrogens is 229 g/mol. The van der Waals surface area contributed by atoms with Crippen LogP contribution in [0.1, 0.15) is 13.8 Å². The van der Waals surface area contributed by atoms with Crippen molar-refractivity contribution in [3.63, 3.8) is 0 Å². The van der Waals surface area contributed by atoms with Gasteiger partial charge in [0.15, 0.2) is 0 Å². The second-order valence-electron chi connectivity index (χ2n) is 4.95. The van der Waals surface area contributed by atoms with Crippen molar-refractivity contribution in [1.82, 2.24) is 4.90 Å². The van der Waals surface area contributed by atoms with Crippen LogP contribution in [0.3, 0.4) is 0 Å². The summed E-state index contributed by atoms with van der Waals surface area (Å²) in [5.41, 5.74) is -0.427. The maximum atomic E-state index is 12.0. The molecule has 1 amide bonds. The zero-order valence-electron chi connectivity index (χ0n) is 10.1. The second kappa shape index (κ2) is 4.78. The van der Waals surface area contributed by atoms with E-state index in [-0.39, 0.29) is 18.8 Å². The van der Waals surface area contributed by atoms with Gasteiger partial charge in [0, 0.05) is 0 Å². The summed E-state index contributed by atoms with van der Waals surface area (Å²) in [6.45, 7) is 4.34. The largest absolute Gasteiger partial charge is 0.447 e. The van der Waals surface area contributed by atoms with E-state index in [1.54, 1.807) is 4.90 Å². The molecular formula is C11H18FNO4. The summed E-state index contributed by atoms with van der Waals surface area (Å²) in [5, 5.41) is 0. The highest BCUT2D eigenvalue weighted by atomic mass is 19.1. The van der Waals surface area contributed by atoms with E-state index < -0.39 is 18.4 Å². The normalized spacial score (nSPS) is 31.1. The van der Waals surface area contributed by atoms with Crippen molar-refractivity contribution in [3.8, 4) is 0 Å². The molecule has 0 unspecified atom stereocenters. The molecule has 6 heteroatoms. The number of carbonyl (C=O) groups is 1. The molecule has 2 atom stereocenters. The summed E-state index contributed by atoms with van der Waals surface area (Å²) < 4.78 is 28.0. The Morgan fingerprint density at radius 2 is 2.29 bits per heavy atom. The Morgan fingerprint density at radius 3 is 3.00 bits per heavy atom. The third-order valence-electron chi connectivity index (χ3n) is 2.96. The van der Waals surface area contributed by atoms with E-state index >= 15 is 0 Å². The van der Waals surface area contributed by atoms with E-state index in [0.29, 0.717) is 19.8 Å². The highest BCUT2D eigenvalue weighted by molar-refractivity contribution is 5.68. The smallest absolute Gasteiger partial charge is 0.410 e. The average Bonchev–Trinajstić information content (AvgIpc) is 2.70. The zero-order chi connectivity index (χ0) is 12.5. The van der Waals surface area contributed by atoms with Crippen LogP contribution in [0.2, 0.25) is 0 Å². The number of morpholine rings is 1. The number of halogens is 1. The molecule has 0 radical (unpaired) electrons. The fourth-order valence-corrected chi connectivity index (χ4v) is 2.31. The molecule has 2 rings (SSSR count). The summed E-state index contributed by atoms with van der Waals surface area (Å²) in [5.74, 6) is 0. The van der Waals surface area contributed by atoms with Crippen LogP contribution < -0.4 is 0 Å². The molecule has 98 valence electrons. The molecule has 0 aromatic heterocycles. The van der Waals surface area contributed by atoms with Crippen LogP contribution in [-0.4, -0.2) is 61.8 Å². The Kier molecular flexibility index (Phi) is 3.53. The van der Waals surface area contributed by atoms with E-state index in [0.717, 1.165) is 0 Å². The standard InChI is InChI=1S/C11H18FNO4/c1-11(2)7-13(10(14)16-4-3-12)8-5-15-6-9(8)17-11/h8-9H,3-7H2,1-2H3/t8-,9-/m1/s1. The monoisotopic (exact) mass is 247 g/mol. The van der Waals surface area contributed by atoms with Gasteiger partial charge in [-0.05, 0) is 13.8 Å². The molecule has 0 aromatic carbocycles. The first kappa shape index (κ1) is 12.6. The van der Waals surface area contributed by atoms with Gasteiger partial charge < -0.3 is 14.2 Å². The van der Waals surface area contributed by atoms with Gasteiger partial charge in [0.25, 0.3) is 0 Å². The Morgan fingerprint density at radius 1 is 1.53 bits per heavy atom. The molecule has 0 saturated carbocycles. The molecule has 2 fully saturated rings. The SMILES string of the molecule is CC1(C)CN(C(=O)OCCF)[C@@H]2COC[C@H]2O1. The Balaban J connectivity index is 2.05. The van der Waals surface area contributed by atoms with Crippen molar-refractivity contribution in [2.24, 2.45) is 0 Å². The molecule has 5 nitrogen and oxygen atoms in total. The van der Waals surface area contributed by atoms with Crippen LogP contribution in [0.15, 0.2) is 0 Å². The van der Waals surface area contributed by atoms with Gasteiger partial charge in [0.05, 0.1) is 31.4 Å². The van der Waals surface area contributed by atoms with Crippen LogP contribution in [0.25, 0.3) is 0 Å². The Labute approximate surface area is 99.8 Å². The number of ether oxygens (including phenoxy) is 3. The number of carbonyl (C=O) groups excluding carboxylic acids is 1. The summed E-state index contributed by atoms with van der Waals surface area (Å²) in [6, 6.07) is -0.116. The van der Waals surface area contributed by atoms with Crippen molar-refractivity contribution < 1.29 is 23.4 Å². The van der Waals surface area contributed by atoms with E-state index in [1.165, 1.54) is 0 Å². The molecule has 2 heterocycles. The lowest BCUT2D eigenvalue weighted by atomic mass is 10.0. The average molecular weight is 247 g/mol. The van der Waals surface area contributed by atoms with Crippen molar-refractivity contribution in [3.05, 3.63) is 0 Å². The van der Waals surface area contributed by atoms with E-state index in [9.17, 15) is 9.18 Å². The van der Waals surface area contributed by atoms with E-state index in [2.05, 4.69) is 0 Å². The summed E-state index contributed by atoms with van der Waals surface area (Å²) in [6.07, 6.45) is -0.601. The predicted octanol–water partition coefficient (Wildman–Crippen LogP) is 0.971. The minimum atomic E-state index is -0.663. The number of hydrogen-bond donors (Lipinski definition) is 0. The van der Waals surface area contributed by atoms with Crippen molar-refractivity contribution in [2.45, 2.75) is 31.6 Å². The number of fused-ring (bicyclic) bond motifs is 1. The van der Waals surface area contributed by atoms with Gasteiger partial charge >= 0.3 is 6.09 Å². The molecule has 0 aliphatic carbocycles. The second-order valence-corrected chi connectivity index (χ2v) is 4.95. The molecule has 0 spiro atoms. The molecule has 0 bridgehead atoms. The van der Waals surface area contributed by atoms with E-state index in [4.69, 9.17) is 14.2 Å². The van der Waals surface area contributed by atoms with Crippen LogP contribution in [0.5, 0.6) is 0 Å². The lowest BCUT2D eigenvalue weighted by Crippen LogP contribution is -2.60. The number of rotatable bonds is 2. The van der Waals surface area contributed by atoms with Crippen molar-refractivity contribution in [1.29, 1.82) is 0 Å². The molecule has 0 aromatic rings. The highest BCUT2D eigenvalue weighted by Gasteiger charge is 2.46. The first-order chi connectivity index (χ1) is 8.03. The van der Waals surface area contributed by atoms with Gasteiger partial charge in [-0.15, -0.1) is 0 Å². The number of hydrogen-bond acceptors (Lipinski definition) is 4. The van der Waals surface area contributed by atoms with E-state index in [1.807, 2.05) is 13.8 Å². The van der Waals surface area contributed by atoms with Crippen molar-refractivity contribution >= 4 is 6.09 Å². The maximum absolute atomic E-state index is 12.0. The quantitative estimate of drug-likeness (QED) is 0.729. The third kappa shape index (κ3) is 2.69. The zero-order valence-corrected chi connectivity index (χ0v) is 10.1. The Bertz CT molecular complexity index is 297. The lowest BCUT2D eigenvalue weighted by molar-refractivity contribution is -0.141. The van der Waals surface area contributed by atoms with Crippen LogP contribution in [0.4, 0.5) is 9.18 Å². The topological polar surface area (TPSA) is 48.0 Å². The van der Waals surface area contributed by atoms with Gasteiger partial charge in [-0.1, -0.05) is 0 Å². The summed E-state index contributed by atoms with van der Waals surface area (Å²) in [4.78, 5) is 13.4. The molecule has 0 N–H and O–H groups in total. The van der Waals surface area contributed by atoms with Crippen LogP contribution >= 0.6 is 0 Å². The predicted molar refractivity (Wildman–Crippen MR) is 57.6 cm³/mol. The fourth-order valence-electron chi connectivity index (χ4n) is 2.31. The van der Waals surface area contributed by atoms with Gasteiger partial charge in [-0.25, -0.2) is 9.18 Å². The van der Waals surface area contributed by atoms with Crippen LogP contribution in [0, 0.1) is 0 Å². The maximum Gasteiger partial charge on any atom is 0.410 e. The molecule has 2 aliphatic rings. The first-order valence-corrected chi connectivity index (χ1v) is 5.78. The van der Waals surface area contributed by atoms with Gasteiger partial charge in [-0.3, -0.25) is 4.90 Å². The number of nitrogens with zero attached hydrogens (tertiary/aromatic N) is 1. The summed E-state index contributed by atoms with van der Waals surface area (Å²) >= 11 is 0. The van der Waals surface area contributed by atoms with Gasteiger partial charge in [0.1, 0.15) is 19.4 Å².